The lowest BCUT2D eigenvalue weighted by molar-refractivity contribution is -0.122. The average molecular weight is 294 g/mol. The number of nitrogens with one attached hydrogen (secondary N) is 2. The van der Waals surface area contributed by atoms with Crippen molar-refractivity contribution in [1.82, 2.24) is 10.6 Å². The molecule has 0 aliphatic heterocycles. The molecule has 2 N–H and O–H groups in total. The van der Waals surface area contributed by atoms with Crippen molar-refractivity contribution in [3.63, 3.8) is 0 Å². The van der Waals surface area contributed by atoms with Gasteiger partial charge in [0.2, 0.25) is 5.91 Å². The number of hydrogen-bond acceptors (Lipinski definition) is 3. The highest BCUT2D eigenvalue weighted by Crippen LogP contribution is 2.17. The first kappa shape index (κ1) is 16.5. The van der Waals surface area contributed by atoms with Crippen LogP contribution in [0.5, 0.6) is 0 Å². The smallest absolute Gasteiger partial charge is 0.236 e. The van der Waals surface area contributed by atoms with Crippen molar-refractivity contribution < 1.29 is 4.79 Å². The summed E-state index contributed by atoms with van der Waals surface area (Å²) in [6.07, 6.45) is 0. The van der Waals surface area contributed by atoms with E-state index in [1.807, 2.05) is 13.0 Å². The molecule has 108 valence electrons. The number of hydrogen-bond donors (Lipinski definition) is 2. The fourth-order valence-electron chi connectivity index (χ4n) is 1.57. The van der Waals surface area contributed by atoms with Crippen LogP contribution in [0.4, 0.5) is 0 Å². The molecule has 1 unspecified atom stereocenters. The minimum atomic E-state index is -0.291. The third-order valence-corrected chi connectivity index (χ3v) is 3.21. The normalized spacial score (nSPS) is 12.0. The maximum Gasteiger partial charge on any atom is 0.236 e. The van der Waals surface area contributed by atoms with Gasteiger partial charge in [0, 0.05) is 18.1 Å². The number of halogens is 1. The molecule has 20 heavy (non-hydrogen) atoms. The third kappa shape index (κ3) is 5.20. The second kappa shape index (κ2) is 7.88. The van der Waals surface area contributed by atoms with Crippen molar-refractivity contribution in [3.05, 3.63) is 34.3 Å². The molecule has 1 amide bonds. The van der Waals surface area contributed by atoms with E-state index in [-0.39, 0.29) is 11.9 Å². The minimum absolute atomic E-state index is 0.0246. The Bertz CT molecular complexity index is 508. The molecular formula is C15H20ClN3O. The van der Waals surface area contributed by atoms with Gasteiger partial charge >= 0.3 is 0 Å². The van der Waals surface area contributed by atoms with Crippen LogP contribution in [0.2, 0.25) is 5.02 Å². The van der Waals surface area contributed by atoms with E-state index in [1.54, 1.807) is 18.2 Å². The van der Waals surface area contributed by atoms with E-state index in [1.165, 1.54) is 0 Å². The summed E-state index contributed by atoms with van der Waals surface area (Å²) in [5.74, 6) is 0.405. The van der Waals surface area contributed by atoms with E-state index >= 15 is 0 Å². The van der Waals surface area contributed by atoms with Crippen LogP contribution < -0.4 is 10.6 Å². The van der Waals surface area contributed by atoms with Crippen LogP contribution in [-0.4, -0.2) is 18.5 Å². The van der Waals surface area contributed by atoms with Gasteiger partial charge in [-0.05, 0) is 30.5 Å². The van der Waals surface area contributed by atoms with Gasteiger partial charge in [-0.25, -0.2) is 0 Å². The number of amides is 1. The first-order valence-electron chi connectivity index (χ1n) is 6.63. The summed E-state index contributed by atoms with van der Waals surface area (Å²) in [5.41, 5.74) is 1.40. The summed E-state index contributed by atoms with van der Waals surface area (Å²) in [4.78, 5) is 11.8. The van der Waals surface area contributed by atoms with E-state index in [0.717, 1.165) is 5.56 Å². The number of benzene rings is 1. The zero-order valence-electron chi connectivity index (χ0n) is 12.0. The molecular weight excluding hydrogens is 274 g/mol. The molecule has 1 rings (SSSR count). The zero-order chi connectivity index (χ0) is 15.1. The quantitative estimate of drug-likeness (QED) is 0.847. The van der Waals surface area contributed by atoms with E-state index in [9.17, 15) is 4.79 Å². The first-order chi connectivity index (χ1) is 9.43. The third-order valence-electron chi connectivity index (χ3n) is 2.86. The number of carbonyl (C=O) groups excluding carboxylic acids is 1. The Morgan fingerprint density at radius 1 is 1.40 bits per heavy atom. The summed E-state index contributed by atoms with van der Waals surface area (Å²) in [7, 11) is 0. The molecule has 4 nitrogen and oxygen atoms in total. The Labute approximate surface area is 125 Å². The SMILES string of the molecule is CC(C)CNC(=O)C(C)NCc1ccc(C#N)cc1Cl. The van der Waals surface area contributed by atoms with Gasteiger partial charge in [-0.3, -0.25) is 4.79 Å². The van der Waals surface area contributed by atoms with E-state index in [4.69, 9.17) is 16.9 Å². The van der Waals surface area contributed by atoms with Gasteiger partial charge in [0.15, 0.2) is 0 Å². The van der Waals surface area contributed by atoms with Gasteiger partial charge in [0.05, 0.1) is 17.7 Å². The largest absolute Gasteiger partial charge is 0.354 e. The fraction of sp³-hybridized carbons (Fsp3) is 0.467. The Hall–Kier alpha value is -1.57. The van der Waals surface area contributed by atoms with Gasteiger partial charge < -0.3 is 10.6 Å². The van der Waals surface area contributed by atoms with Crippen LogP contribution in [0.15, 0.2) is 18.2 Å². The lowest BCUT2D eigenvalue weighted by Crippen LogP contribution is -2.43. The molecule has 0 aromatic heterocycles. The standard InChI is InChI=1S/C15H20ClN3O/c1-10(2)8-19-15(20)11(3)18-9-13-5-4-12(7-17)6-14(13)16/h4-6,10-11,18H,8-9H2,1-3H3,(H,19,20). The molecule has 0 aliphatic rings. The number of rotatable bonds is 6. The molecule has 0 radical (unpaired) electrons. The summed E-state index contributed by atoms with van der Waals surface area (Å²) in [5, 5.41) is 15.3. The summed E-state index contributed by atoms with van der Waals surface area (Å²) in [6, 6.07) is 6.89. The van der Waals surface area contributed by atoms with Gasteiger partial charge in [-0.2, -0.15) is 5.26 Å². The zero-order valence-corrected chi connectivity index (χ0v) is 12.8. The molecule has 0 bridgehead atoms. The van der Waals surface area contributed by atoms with E-state index < -0.39 is 0 Å². The molecule has 0 saturated heterocycles. The topological polar surface area (TPSA) is 64.9 Å². The van der Waals surface area contributed by atoms with E-state index in [0.29, 0.717) is 29.6 Å². The Morgan fingerprint density at radius 3 is 2.65 bits per heavy atom. The average Bonchev–Trinajstić information content (AvgIpc) is 2.42. The van der Waals surface area contributed by atoms with Crippen LogP contribution in [0.3, 0.4) is 0 Å². The van der Waals surface area contributed by atoms with Crippen molar-refractivity contribution in [3.8, 4) is 6.07 Å². The molecule has 5 heteroatoms. The first-order valence-corrected chi connectivity index (χ1v) is 7.01. The molecule has 0 heterocycles. The van der Waals surface area contributed by atoms with Crippen molar-refractivity contribution >= 4 is 17.5 Å². The van der Waals surface area contributed by atoms with Gasteiger partial charge in [-0.1, -0.05) is 31.5 Å². The second-order valence-corrected chi connectivity index (χ2v) is 5.57. The van der Waals surface area contributed by atoms with Crippen LogP contribution >= 0.6 is 11.6 Å². The molecule has 1 atom stereocenters. The van der Waals surface area contributed by atoms with Crippen LogP contribution in [-0.2, 0) is 11.3 Å². The van der Waals surface area contributed by atoms with E-state index in [2.05, 4.69) is 24.5 Å². The highest BCUT2D eigenvalue weighted by atomic mass is 35.5. The predicted molar refractivity (Wildman–Crippen MR) is 80.3 cm³/mol. The summed E-state index contributed by atoms with van der Waals surface area (Å²) >= 11 is 6.08. The summed E-state index contributed by atoms with van der Waals surface area (Å²) in [6.45, 7) is 7.07. The maximum atomic E-state index is 11.8. The van der Waals surface area contributed by atoms with Crippen molar-refractivity contribution in [2.75, 3.05) is 6.54 Å². The molecule has 0 aliphatic carbocycles. The number of nitrogens with zero attached hydrogens (tertiary/aromatic N) is 1. The minimum Gasteiger partial charge on any atom is -0.354 e. The fourth-order valence-corrected chi connectivity index (χ4v) is 1.82. The molecule has 0 spiro atoms. The Balaban J connectivity index is 2.50. The highest BCUT2D eigenvalue weighted by Gasteiger charge is 2.12. The predicted octanol–water partition coefficient (Wildman–Crippen LogP) is 2.46. The number of nitriles is 1. The lowest BCUT2D eigenvalue weighted by atomic mass is 10.1. The molecule has 0 saturated carbocycles. The molecule has 0 fully saturated rings. The Morgan fingerprint density at radius 2 is 2.10 bits per heavy atom. The van der Waals surface area contributed by atoms with Crippen molar-refractivity contribution in [2.24, 2.45) is 5.92 Å². The Kier molecular flexibility index (Phi) is 6.50. The second-order valence-electron chi connectivity index (χ2n) is 5.16. The van der Waals surface area contributed by atoms with Crippen molar-refractivity contribution in [2.45, 2.75) is 33.4 Å². The van der Waals surface area contributed by atoms with Crippen LogP contribution in [0.25, 0.3) is 0 Å². The van der Waals surface area contributed by atoms with Crippen molar-refractivity contribution in [1.29, 1.82) is 5.26 Å². The monoisotopic (exact) mass is 293 g/mol. The van der Waals surface area contributed by atoms with Gasteiger partial charge in [-0.15, -0.1) is 0 Å². The van der Waals surface area contributed by atoms with Gasteiger partial charge in [0.25, 0.3) is 0 Å². The summed E-state index contributed by atoms with van der Waals surface area (Å²) < 4.78 is 0. The maximum absolute atomic E-state index is 11.8. The van der Waals surface area contributed by atoms with Gasteiger partial charge in [0.1, 0.15) is 0 Å². The number of carbonyl (C=O) groups is 1. The van der Waals surface area contributed by atoms with Crippen LogP contribution in [0, 0.1) is 17.2 Å². The lowest BCUT2D eigenvalue weighted by Gasteiger charge is -2.15. The van der Waals surface area contributed by atoms with Crippen LogP contribution in [0.1, 0.15) is 31.9 Å². The highest BCUT2D eigenvalue weighted by molar-refractivity contribution is 6.31. The molecule has 1 aromatic carbocycles. The molecule has 1 aromatic rings.